The van der Waals surface area contributed by atoms with Crippen LogP contribution in [0, 0.1) is 0 Å². The fourth-order valence-corrected chi connectivity index (χ4v) is 2.57. The van der Waals surface area contributed by atoms with E-state index < -0.39 is 0 Å². The van der Waals surface area contributed by atoms with Crippen molar-refractivity contribution in [3.05, 3.63) is 71.3 Å². The Morgan fingerprint density at radius 1 is 0.957 bits per heavy atom. The molecule has 2 amide bonds. The zero-order chi connectivity index (χ0) is 16.2. The lowest BCUT2D eigenvalue weighted by Gasteiger charge is -2.26. The topological polar surface area (TPSA) is 66.5 Å². The van der Waals surface area contributed by atoms with Crippen LogP contribution in [0.4, 0.5) is 0 Å². The summed E-state index contributed by atoms with van der Waals surface area (Å²) in [7, 11) is 0. The van der Waals surface area contributed by atoms with Gasteiger partial charge >= 0.3 is 0 Å². The summed E-state index contributed by atoms with van der Waals surface area (Å²) < 4.78 is 0. The Bertz CT molecular complexity index is 756. The van der Waals surface area contributed by atoms with E-state index in [1.165, 1.54) is 4.90 Å². The van der Waals surface area contributed by atoms with E-state index in [-0.39, 0.29) is 30.7 Å². The average molecular weight is 308 g/mol. The molecule has 0 aliphatic carbocycles. The molecule has 5 heteroatoms. The van der Waals surface area contributed by atoms with Gasteiger partial charge in [-0.05, 0) is 11.6 Å². The molecule has 0 fully saturated rings. The van der Waals surface area contributed by atoms with Crippen LogP contribution in [0.3, 0.4) is 0 Å². The molecule has 0 unspecified atom stereocenters. The minimum absolute atomic E-state index is 0.0609. The molecule has 1 aliphatic heterocycles. The van der Waals surface area contributed by atoms with Crippen LogP contribution in [0.25, 0.3) is 0 Å². The van der Waals surface area contributed by atoms with Crippen molar-refractivity contribution < 1.29 is 14.4 Å². The maximum atomic E-state index is 12.4. The number of rotatable bonds is 4. The molecule has 5 nitrogen and oxygen atoms in total. The minimum atomic E-state index is -0.283. The van der Waals surface area contributed by atoms with Crippen LogP contribution < -0.4 is 5.32 Å². The summed E-state index contributed by atoms with van der Waals surface area (Å²) in [5.74, 6) is -0.708. The maximum Gasteiger partial charge on any atom is 0.255 e. The van der Waals surface area contributed by atoms with Gasteiger partial charge in [-0.3, -0.25) is 14.4 Å². The van der Waals surface area contributed by atoms with Crippen LogP contribution >= 0.6 is 0 Å². The lowest BCUT2D eigenvalue weighted by Crippen LogP contribution is -2.46. The molecule has 2 aromatic rings. The Hall–Kier alpha value is -2.95. The van der Waals surface area contributed by atoms with Crippen LogP contribution in [0.5, 0.6) is 0 Å². The molecule has 23 heavy (non-hydrogen) atoms. The van der Waals surface area contributed by atoms with E-state index >= 15 is 0 Å². The minimum Gasteiger partial charge on any atom is -0.350 e. The van der Waals surface area contributed by atoms with E-state index in [4.69, 9.17) is 0 Å². The van der Waals surface area contributed by atoms with Crippen molar-refractivity contribution >= 4 is 17.6 Å². The normalized spacial score (nSPS) is 13.7. The largest absolute Gasteiger partial charge is 0.350 e. The van der Waals surface area contributed by atoms with Crippen LogP contribution in [-0.2, 0) is 11.3 Å². The number of amides is 2. The molecule has 0 bridgehead atoms. The summed E-state index contributed by atoms with van der Waals surface area (Å²) in [4.78, 5) is 37.8. The first-order chi connectivity index (χ1) is 11.1. The van der Waals surface area contributed by atoms with Crippen molar-refractivity contribution in [1.29, 1.82) is 0 Å². The molecule has 1 N–H and O–H groups in total. The van der Waals surface area contributed by atoms with Gasteiger partial charge in [-0.25, -0.2) is 0 Å². The van der Waals surface area contributed by atoms with Crippen molar-refractivity contribution in [2.75, 3.05) is 13.1 Å². The van der Waals surface area contributed by atoms with Gasteiger partial charge in [0.25, 0.3) is 5.91 Å². The van der Waals surface area contributed by atoms with Gasteiger partial charge in [0.05, 0.1) is 12.1 Å². The highest BCUT2D eigenvalue weighted by Gasteiger charge is 2.30. The Balaban J connectivity index is 1.63. The third-order valence-electron chi connectivity index (χ3n) is 3.75. The highest BCUT2D eigenvalue weighted by molar-refractivity contribution is 6.14. The fourth-order valence-electron chi connectivity index (χ4n) is 2.57. The van der Waals surface area contributed by atoms with E-state index in [9.17, 15) is 14.4 Å². The Morgan fingerprint density at radius 3 is 2.35 bits per heavy atom. The summed E-state index contributed by atoms with van der Waals surface area (Å²) in [6.45, 7) is 0.215. The third kappa shape index (κ3) is 3.29. The summed E-state index contributed by atoms with van der Waals surface area (Å²) in [5, 5.41) is 2.76. The fraction of sp³-hybridized carbons (Fsp3) is 0.167. The van der Waals surface area contributed by atoms with Gasteiger partial charge in [-0.2, -0.15) is 0 Å². The van der Waals surface area contributed by atoms with Gasteiger partial charge in [-0.1, -0.05) is 48.5 Å². The summed E-state index contributed by atoms with van der Waals surface area (Å²) >= 11 is 0. The summed E-state index contributed by atoms with van der Waals surface area (Å²) in [6, 6.07) is 16.2. The second-order valence-electron chi connectivity index (χ2n) is 5.39. The highest BCUT2D eigenvalue weighted by atomic mass is 16.2. The molecule has 1 heterocycles. The van der Waals surface area contributed by atoms with Crippen LogP contribution in [0.1, 0.15) is 26.3 Å². The Morgan fingerprint density at radius 2 is 1.61 bits per heavy atom. The predicted molar refractivity (Wildman–Crippen MR) is 85.0 cm³/mol. The average Bonchev–Trinajstić information content (AvgIpc) is 2.59. The van der Waals surface area contributed by atoms with Crippen molar-refractivity contribution in [3.63, 3.8) is 0 Å². The molecule has 0 saturated carbocycles. The summed E-state index contributed by atoms with van der Waals surface area (Å²) in [5.41, 5.74) is 1.77. The van der Waals surface area contributed by atoms with Crippen molar-refractivity contribution in [1.82, 2.24) is 10.2 Å². The zero-order valence-electron chi connectivity index (χ0n) is 12.5. The van der Waals surface area contributed by atoms with Crippen molar-refractivity contribution in [3.8, 4) is 0 Å². The number of fused-ring (bicyclic) bond motifs is 1. The number of carbonyl (C=O) groups excluding carboxylic acids is 3. The highest BCUT2D eigenvalue weighted by Crippen LogP contribution is 2.18. The van der Waals surface area contributed by atoms with E-state index in [0.29, 0.717) is 17.7 Å². The maximum absolute atomic E-state index is 12.4. The molecular formula is C18H16N2O3. The second-order valence-corrected chi connectivity index (χ2v) is 5.39. The number of nitrogens with one attached hydrogen (secondary N) is 1. The van der Waals surface area contributed by atoms with Gasteiger partial charge in [0, 0.05) is 12.1 Å². The quantitative estimate of drug-likeness (QED) is 0.934. The third-order valence-corrected chi connectivity index (χ3v) is 3.75. The van der Waals surface area contributed by atoms with E-state index in [1.54, 1.807) is 24.3 Å². The first-order valence-corrected chi connectivity index (χ1v) is 7.37. The lowest BCUT2D eigenvalue weighted by molar-refractivity contribution is -0.121. The summed E-state index contributed by atoms with van der Waals surface area (Å²) in [6.07, 6.45) is 0. The van der Waals surface area contributed by atoms with Gasteiger partial charge in [0.1, 0.15) is 6.54 Å². The molecule has 0 aromatic heterocycles. The first kappa shape index (κ1) is 15.0. The van der Waals surface area contributed by atoms with Crippen LogP contribution in [0.2, 0.25) is 0 Å². The van der Waals surface area contributed by atoms with Crippen molar-refractivity contribution in [2.24, 2.45) is 0 Å². The van der Waals surface area contributed by atoms with Crippen molar-refractivity contribution in [2.45, 2.75) is 6.54 Å². The molecule has 2 aromatic carbocycles. The van der Waals surface area contributed by atoms with E-state index in [2.05, 4.69) is 5.32 Å². The van der Waals surface area contributed by atoms with Crippen LogP contribution in [0.15, 0.2) is 54.6 Å². The first-order valence-electron chi connectivity index (χ1n) is 7.37. The number of ketones is 1. The van der Waals surface area contributed by atoms with Gasteiger partial charge < -0.3 is 10.2 Å². The number of nitrogens with zero attached hydrogens (tertiary/aromatic N) is 1. The number of carbonyl (C=O) groups is 3. The van der Waals surface area contributed by atoms with E-state index in [0.717, 1.165) is 5.56 Å². The monoisotopic (exact) mass is 308 g/mol. The smallest absolute Gasteiger partial charge is 0.255 e. The van der Waals surface area contributed by atoms with Crippen LogP contribution in [-0.4, -0.2) is 35.6 Å². The number of hydrogen-bond donors (Lipinski definition) is 1. The van der Waals surface area contributed by atoms with Gasteiger partial charge in [0.15, 0.2) is 5.78 Å². The Kier molecular flexibility index (Phi) is 4.19. The molecule has 0 atom stereocenters. The van der Waals surface area contributed by atoms with E-state index in [1.807, 2.05) is 30.3 Å². The lowest BCUT2D eigenvalue weighted by atomic mass is 9.98. The standard InChI is InChI=1S/C18H16N2O3/c21-16-11-20(18(23)15-9-5-4-8-14(15)16)12-17(22)19-10-13-6-2-1-3-7-13/h1-9H,10-12H2,(H,19,22). The Labute approximate surface area is 133 Å². The number of Topliss-reactive ketones (excluding diaryl/α,β-unsaturated/α-hetero) is 1. The van der Waals surface area contributed by atoms with Gasteiger partial charge in [-0.15, -0.1) is 0 Å². The molecule has 0 radical (unpaired) electrons. The molecule has 116 valence electrons. The number of benzene rings is 2. The molecule has 0 saturated heterocycles. The predicted octanol–water partition coefficient (Wildman–Crippen LogP) is 1.64. The SMILES string of the molecule is O=C(CN1CC(=O)c2ccccc2C1=O)NCc1ccccc1. The van der Waals surface area contributed by atoms with Gasteiger partial charge in [0.2, 0.25) is 5.91 Å². The molecule has 0 spiro atoms. The second kappa shape index (κ2) is 6.44. The zero-order valence-corrected chi connectivity index (χ0v) is 12.5. The molecular weight excluding hydrogens is 292 g/mol. The number of hydrogen-bond acceptors (Lipinski definition) is 3. The molecule has 3 rings (SSSR count). The molecule has 1 aliphatic rings.